The largest absolute Gasteiger partial charge is 0.464 e. The van der Waals surface area contributed by atoms with Gasteiger partial charge in [0.25, 0.3) is 6.47 Å². The maximum atomic E-state index is 11.8. The smallest absolute Gasteiger partial charge is 0.293 e. The first-order valence-corrected chi connectivity index (χ1v) is 9.01. The van der Waals surface area contributed by atoms with Gasteiger partial charge in [-0.15, -0.1) is 0 Å². The fourth-order valence-corrected chi connectivity index (χ4v) is 6.24. The Bertz CT molecular complexity index is 604. The molecule has 3 heteroatoms. The van der Waals surface area contributed by atoms with E-state index in [2.05, 4.69) is 26.0 Å². The van der Waals surface area contributed by atoms with Gasteiger partial charge in [-0.3, -0.25) is 9.59 Å². The second-order valence-corrected chi connectivity index (χ2v) is 8.48. The molecule has 0 N–H and O–H groups in total. The van der Waals surface area contributed by atoms with Gasteiger partial charge >= 0.3 is 0 Å². The van der Waals surface area contributed by atoms with Crippen LogP contribution in [0.4, 0.5) is 0 Å². The quantitative estimate of drug-likeness (QED) is 0.727. The zero-order valence-electron chi connectivity index (χ0n) is 14.1. The maximum absolute atomic E-state index is 11.8. The average molecular weight is 314 g/mol. The Morgan fingerprint density at radius 2 is 2.00 bits per heavy atom. The van der Waals surface area contributed by atoms with Crippen molar-refractivity contribution in [1.29, 1.82) is 0 Å². The molecule has 124 valence electrons. The molecule has 6 unspecified atom stereocenters. The van der Waals surface area contributed by atoms with Gasteiger partial charge in [-0.05, 0) is 66.9 Å². The number of hydrogen-bond acceptors (Lipinski definition) is 3. The van der Waals surface area contributed by atoms with Gasteiger partial charge in [0.2, 0.25) is 0 Å². The van der Waals surface area contributed by atoms with Crippen molar-refractivity contribution < 1.29 is 14.3 Å². The second-order valence-electron chi connectivity index (χ2n) is 8.48. The highest BCUT2D eigenvalue weighted by molar-refractivity contribution is 5.92. The van der Waals surface area contributed by atoms with E-state index >= 15 is 0 Å². The fourth-order valence-electron chi connectivity index (χ4n) is 6.24. The highest BCUT2D eigenvalue weighted by Crippen LogP contribution is 2.63. The number of allylic oxidation sites excluding steroid dienone is 4. The van der Waals surface area contributed by atoms with E-state index in [1.54, 1.807) is 0 Å². The maximum Gasteiger partial charge on any atom is 0.293 e. The van der Waals surface area contributed by atoms with Crippen LogP contribution < -0.4 is 0 Å². The number of rotatable bonds is 2. The molecule has 23 heavy (non-hydrogen) atoms. The summed E-state index contributed by atoms with van der Waals surface area (Å²) in [7, 11) is 0. The highest BCUT2D eigenvalue weighted by atomic mass is 16.5. The summed E-state index contributed by atoms with van der Waals surface area (Å²) >= 11 is 0. The Balaban J connectivity index is 1.70. The topological polar surface area (TPSA) is 43.4 Å². The van der Waals surface area contributed by atoms with Gasteiger partial charge in [0.05, 0.1) is 0 Å². The van der Waals surface area contributed by atoms with Crippen molar-refractivity contribution in [2.24, 2.45) is 28.6 Å². The van der Waals surface area contributed by atoms with Gasteiger partial charge in [0.1, 0.15) is 6.10 Å². The average Bonchev–Trinajstić information content (AvgIpc) is 2.85. The summed E-state index contributed by atoms with van der Waals surface area (Å²) in [6.45, 7) is 5.32. The molecule has 0 aromatic heterocycles. The van der Waals surface area contributed by atoms with Crippen LogP contribution >= 0.6 is 0 Å². The third kappa shape index (κ3) is 2.01. The van der Waals surface area contributed by atoms with Crippen molar-refractivity contribution in [3.05, 3.63) is 23.8 Å². The lowest BCUT2D eigenvalue weighted by molar-refractivity contribution is -0.142. The minimum absolute atomic E-state index is 0.0806. The van der Waals surface area contributed by atoms with Crippen LogP contribution in [0.25, 0.3) is 0 Å². The summed E-state index contributed by atoms with van der Waals surface area (Å²) in [5, 5.41) is 0. The van der Waals surface area contributed by atoms with Gasteiger partial charge in [-0.2, -0.15) is 0 Å². The second kappa shape index (κ2) is 5.06. The number of ketones is 1. The van der Waals surface area contributed by atoms with E-state index in [1.807, 2.05) is 6.08 Å². The van der Waals surface area contributed by atoms with Crippen LogP contribution in [0.5, 0.6) is 0 Å². The number of carbonyl (C=O) groups excluding carboxylic acids is 2. The van der Waals surface area contributed by atoms with Crippen LogP contribution in [0.1, 0.15) is 52.4 Å². The van der Waals surface area contributed by atoms with Crippen molar-refractivity contribution >= 4 is 12.3 Å². The minimum Gasteiger partial charge on any atom is -0.464 e. The fraction of sp³-hybridized carbons (Fsp3) is 0.700. The lowest BCUT2D eigenvalue weighted by Gasteiger charge is -2.55. The van der Waals surface area contributed by atoms with E-state index in [4.69, 9.17) is 4.74 Å². The van der Waals surface area contributed by atoms with Crippen LogP contribution in [0.2, 0.25) is 0 Å². The van der Waals surface area contributed by atoms with Crippen molar-refractivity contribution in [3.63, 3.8) is 0 Å². The van der Waals surface area contributed by atoms with E-state index in [9.17, 15) is 9.59 Å². The van der Waals surface area contributed by atoms with E-state index < -0.39 is 0 Å². The summed E-state index contributed by atoms with van der Waals surface area (Å²) in [4.78, 5) is 22.7. The van der Waals surface area contributed by atoms with E-state index in [1.165, 1.54) is 12.0 Å². The number of hydrogen-bond donors (Lipinski definition) is 0. The Morgan fingerprint density at radius 3 is 2.78 bits per heavy atom. The van der Waals surface area contributed by atoms with Gasteiger partial charge in [-0.1, -0.05) is 26.0 Å². The molecular formula is C20H26O3. The molecule has 4 aliphatic rings. The molecule has 3 nitrogen and oxygen atoms in total. The molecule has 0 spiro atoms. The number of ether oxygens (including phenoxy) is 1. The van der Waals surface area contributed by atoms with Crippen LogP contribution in [0.15, 0.2) is 23.8 Å². The van der Waals surface area contributed by atoms with Gasteiger partial charge in [0, 0.05) is 11.8 Å². The first kappa shape index (κ1) is 15.2. The summed E-state index contributed by atoms with van der Waals surface area (Å²) in [6.07, 6.45) is 12.7. The van der Waals surface area contributed by atoms with Gasteiger partial charge < -0.3 is 4.74 Å². The molecule has 2 saturated carbocycles. The summed E-state index contributed by atoms with van der Waals surface area (Å²) in [6, 6.07) is 0. The first-order chi connectivity index (χ1) is 11.0. The predicted octanol–water partition coefficient (Wildman–Crippen LogP) is 3.84. The van der Waals surface area contributed by atoms with E-state index in [0.29, 0.717) is 30.6 Å². The van der Waals surface area contributed by atoms with E-state index in [0.717, 1.165) is 25.7 Å². The van der Waals surface area contributed by atoms with Crippen LogP contribution in [-0.4, -0.2) is 18.4 Å². The van der Waals surface area contributed by atoms with Crippen molar-refractivity contribution in [2.75, 3.05) is 0 Å². The van der Waals surface area contributed by atoms with Crippen molar-refractivity contribution in [2.45, 2.75) is 58.5 Å². The zero-order valence-corrected chi connectivity index (χ0v) is 14.1. The lowest BCUT2D eigenvalue weighted by Crippen LogP contribution is -2.50. The molecule has 0 aliphatic heterocycles. The minimum atomic E-state index is 0.0806. The van der Waals surface area contributed by atoms with Crippen LogP contribution in [0, 0.1) is 28.6 Å². The third-order valence-corrected chi connectivity index (χ3v) is 7.65. The highest BCUT2D eigenvalue weighted by Gasteiger charge is 2.58. The molecule has 0 saturated heterocycles. The Morgan fingerprint density at radius 1 is 1.17 bits per heavy atom. The summed E-state index contributed by atoms with van der Waals surface area (Å²) < 4.78 is 5.44. The van der Waals surface area contributed by atoms with Gasteiger partial charge in [-0.25, -0.2) is 0 Å². The molecule has 4 aliphatic carbocycles. The lowest BCUT2D eigenvalue weighted by atomic mass is 9.49. The predicted molar refractivity (Wildman–Crippen MR) is 87.6 cm³/mol. The standard InChI is InChI=1S/C20H26O3/c1-19-9-7-14(22)11-13(19)3-4-15-16-5-6-18(23-12-21)20(16,2)10-8-17(15)19/h3-4,11-12,15-18H,5-10H2,1-2H3. The molecule has 6 atom stereocenters. The van der Waals surface area contributed by atoms with Crippen LogP contribution in [-0.2, 0) is 14.3 Å². The summed E-state index contributed by atoms with van der Waals surface area (Å²) in [5.74, 6) is 2.06. The van der Waals surface area contributed by atoms with Crippen LogP contribution in [0.3, 0.4) is 0 Å². The van der Waals surface area contributed by atoms with E-state index in [-0.39, 0.29) is 22.7 Å². The zero-order chi connectivity index (χ0) is 16.2. The molecule has 0 bridgehead atoms. The SMILES string of the molecule is CC12CCC(=O)C=C1C=CC1C2CCC2(C)C(OC=O)CCC12. The Labute approximate surface area is 138 Å². The molecular weight excluding hydrogens is 288 g/mol. The number of carbonyl (C=O) groups is 2. The van der Waals surface area contributed by atoms with Crippen molar-refractivity contribution in [1.82, 2.24) is 0 Å². The number of fused-ring (bicyclic) bond motifs is 5. The molecule has 0 radical (unpaired) electrons. The molecule has 0 aromatic carbocycles. The normalized spacial score (nSPS) is 48.1. The Kier molecular flexibility index (Phi) is 3.33. The van der Waals surface area contributed by atoms with Gasteiger partial charge in [0.15, 0.2) is 5.78 Å². The molecule has 4 rings (SSSR count). The van der Waals surface area contributed by atoms with Crippen molar-refractivity contribution in [3.8, 4) is 0 Å². The molecule has 2 fully saturated rings. The molecule has 0 heterocycles. The summed E-state index contributed by atoms with van der Waals surface area (Å²) in [5.41, 5.74) is 1.52. The first-order valence-electron chi connectivity index (χ1n) is 9.01. The monoisotopic (exact) mass is 314 g/mol. The third-order valence-electron chi connectivity index (χ3n) is 7.65. The molecule has 0 aromatic rings. The molecule has 0 amide bonds. The Hall–Kier alpha value is -1.38.